The molecule has 2 heterocycles. The maximum Gasteiger partial charge on any atom is 1.00 e. The monoisotopic (exact) mass is 516 g/mol. The fraction of sp³-hybridized carbons (Fsp3) is 0.429. The Morgan fingerprint density at radius 2 is 1.53 bits per heavy atom. The van der Waals surface area contributed by atoms with E-state index in [9.17, 15) is 4.39 Å². The number of benzene rings is 2. The molecule has 0 spiro atoms. The Bertz CT molecular complexity index is 1120. The zero-order valence-corrected chi connectivity index (χ0v) is 26.0. The first-order chi connectivity index (χ1) is 17.1. The smallest absolute Gasteiger partial charge is 0.330 e. The fourth-order valence-electron chi connectivity index (χ4n) is 3.45. The van der Waals surface area contributed by atoms with Crippen LogP contribution in [-0.2, 0) is 13.0 Å². The minimum absolute atomic E-state index is 0. The Balaban J connectivity index is 0.000000845. The third-order valence-corrected chi connectivity index (χ3v) is 5.59. The third kappa shape index (κ3) is 8.99. The van der Waals surface area contributed by atoms with Gasteiger partial charge in [-0.15, -0.1) is 0 Å². The normalized spacial score (nSPS) is 9.97. The van der Waals surface area contributed by atoms with Crippen molar-refractivity contribution in [2.24, 2.45) is 0 Å². The van der Waals surface area contributed by atoms with Crippen LogP contribution in [-0.4, -0.2) is 25.1 Å². The second-order valence-electron chi connectivity index (χ2n) is 8.04. The molecule has 4 aromatic rings. The van der Waals surface area contributed by atoms with E-state index in [1.807, 2.05) is 42.7 Å². The van der Waals surface area contributed by atoms with Crippen molar-refractivity contribution in [2.75, 3.05) is 0 Å². The van der Waals surface area contributed by atoms with Gasteiger partial charge in [-0.2, -0.15) is 9.60 Å². The van der Waals surface area contributed by atoms with Gasteiger partial charge in [0.05, 0.1) is 5.69 Å². The molecule has 0 aliphatic carbocycles. The first-order valence-corrected chi connectivity index (χ1v) is 12.7. The van der Waals surface area contributed by atoms with E-state index in [1.165, 1.54) is 12.8 Å². The van der Waals surface area contributed by atoms with Gasteiger partial charge in [0.1, 0.15) is 5.82 Å². The first kappa shape index (κ1) is 32.3. The molecule has 0 atom stereocenters. The molecule has 188 valence electrons. The molecule has 0 saturated carbocycles. The van der Waals surface area contributed by atoms with Crippen LogP contribution in [0.25, 0.3) is 22.5 Å². The van der Waals surface area contributed by atoms with Crippen molar-refractivity contribution in [1.82, 2.24) is 30.2 Å². The number of rotatable bonds is 8. The van der Waals surface area contributed by atoms with Gasteiger partial charge in [0.2, 0.25) is 5.95 Å². The van der Waals surface area contributed by atoms with Crippen LogP contribution in [0.15, 0.2) is 48.5 Å². The summed E-state index contributed by atoms with van der Waals surface area (Å²) in [5.74, 6) is 0.943. The summed E-state index contributed by atoms with van der Waals surface area (Å²) in [5, 5.41) is 15.1. The molecule has 0 aliphatic rings. The molecule has 0 amide bonds. The molecular weight excluding hydrogens is 478 g/mol. The van der Waals surface area contributed by atoms with Crippen LogP contribution in [0.5, 0.6) is 0 Å². The molecule has 4 rings (SSSR count). The summed E-state index contributed by atoms with van der Waals surface area (Å²) < 4.78 is 16.0. The van der Waals surface area contributed by atoms with Gasteiger partial charge in [-0.25, -0.2) is 4.98 Å². The van der Waals surface area contributed by atoms with E-state index in [-0.39, 0.29) is 57.3 Å². The zero-order valence-electron chi connectivity index (χ0n) is 22.9. The molecule has 36 heavy (non-hydrogen) atoms. The first-order valence-electron chi connectivity index (χ1n) is 12.7. The molecule has 0 radical (unpaired) electrons. The van der Waals surface area contributed by atoms with Gasteiger partial charge in [-0.3, -0.25) is 10.3 Å². The van der Waals surface area contributed by atoms with Crippen LogP contribution in [0.4, 0.5) is 4.39 Å². The minimum atomic E-state index is -0.376. The van der Waals surface area contributed by atoms with E-state index in [1.54, 1.807) is 6.92 Å². The van der Waals surface area contributed by atoms with Crippen molar-refractivity contribution in [3.8, 4) is 22.5 Å². The van der Waals surface area contributed by atoms with Crippen LogP contribution < -0.4 is 56.5 Å². The molecule has 6 nitrogen and oxygen atoms in total. The Morgan fingerprint density at radius 3 is 2.08 bits per heavy atom. The quantitative estimate of drug-likeness (QED) is 0.331. The van der Waals surface area contributed by atoms with E-state index < -0.39 is 0 Å². The van der Waals surface area contributed by atoms with E-state index in [0.29, 0.717) is 18.1 Å². The number of hydrogen-bond donors (Lipinski definition) is 0. The Hall–Kier alpha value is -1.71. The molecule has 0 bridgehead atoms. The number of aromatic nitrogens is 6. The Labute approximate surface area is 257 Å². The maximum atomic E-state index is 14.0. The summed E-state index contributed by atoms with van der Waals surface area (Å²) in [6, 6.07) is 16.2. The van der Waals surface area contributed by atoms with E-state index in [4.69, 9.17) is 0 Å². The SMILES string of the molecule is CC.CCCC.CCCCc1nc(F)c(C)n1Cc1ccc(-c2ccccc2-c2nnn[n-]2)cc1.[K+]. The van der Waals surface area contributed by atoms with Crippen LogP contribution >= 0.6 is 0 Å². The van der Waals surface area contributed by atoms with Crippen molar-refractivity contribution < 1.29 is 55.8 Å². The van der Waals surface area contributed by atoms with Crippen molar-refractivity contribution in [3.05, 3.63) is 71.6 Å². The van der Waals surface area contributed by atoms with E-state index in [0.717, 1.165) is 47.3 Å². The average Bonchev–Trinajstić information content (AvgIpc) is 3.54. The average molecular weight is 517 g/mol. The van der Waals surface area contributed by atoms with Gasteiger partial charge in [-0.1, -0.05) is 102 Å². The molecule has 2 aromatic heterocycles. The summed E-state index contributed by atoms with van der Waals surface area (Å²) >= 11 is 0. The predicted octanol–water partition coefficient (Wildman–Crippen LogP) is 4.03. The summed E-state index contributed by atoms with van der Waals surface area (Å²) in [7, 11) is 0. The second kappa shape index (κ2) is 17.7. The number of nitrogens with zero attached hydrogens (tertiary/aromatic N) is 6. The summed E-state index contributed by atoms with van der Waals surface area (Å²) in [4.78, 5) is 4.12. The minimum Gasteiger partial charge on any atom is -0.330 e. The standard InChI is InChI=1S/C22H22FN6.C4H10.C2H6.K/c1-3-4-9-20-24-21(23)15(2)29(20)14-16-10-12-17(13-11-16)18-7-5-6-8-19(18)22-25-27-28-26-22;1-3-4-2;1-2;/h5-8,10-13H,3-4,9,14H2,1-2H3;3-4H2,1-2H3;1-2H3;/q-1;;;+1. The molecule has 0 saturated heterocycles. The van der Waals surface area contributed by atoms with Crippen LogP contribution in [0.2, 0.25) is 0 Å². The molecule has 0 N–H and O–H groups in total. The van der Waals surface area contributed by atoms with Crippen LogP contribution in [0.1, 0.15) is 77.4 Å². The summed E-state index contributed by atoms with van der Waals surface area (Å²) in [6.07, 6.45) is 5.48. The van der Waals surface area contributed by atoms with Gasteiger partial charge in [-0.05, 0) is 35.6 Å². The van der Waals surface area contributed by atoms with Crippen molar-refractivity contribution in [2.45, 2.75) is 80.2 Å². The number of tetrazole rings is 1. The molecule has 2 aromatic carbocycles. The molecule has 8 heteroatoms. The van der Waals surface area contributed by atoms with Gasteiger partial charge in [0, 0.05) is 18.8 Å². The van der Waals surface area contributed by atoms with Gasteiger partial charge in [0.25, 0.3) is 0 Å². The van der Waals surface area contributed by atoms with Gasteiger partial charge < -0.3 is 9.67 Å². The molecular formula is C28H38FKN6. The van der Waals surface area contributed by atoms with Crippen LogP contribution in [0.3, 0.4) is 0 Å². The van der Waals surface area contributed by atoms with Crippen LogP contribution in [0, 0.1) is 12.9 Å². The molecule has 0 unspecified atom stereocenters. The number of hydrogen-bond acceptors (Lipinski definition) is 4. The zero-order chi connectivity index (χ0) is 25.6. The predicted molar refractivity (Wildman–Crippen MR) is 141 cm³/mol. The van der Waals surface area contributed by atoms with E-state index in [2.05, 4.69) is 70.6 Å². The van der Waals surface area contributed by atoms with E-state index >= 15 is 0 Å². The Morgan fingerprint density at radius 1 is 0.889 bits per heavy atom. The van der Waals surface area contributed by atoms with Crippen molar-refractivity contribution in [3.63, 3.8) is 0 Å². The summed E-state index contributed by atoms with van der Waals surface area (Å²) in [5.41, 5.74) is 4.63. The van der Waals surface area contributed by atoms with Gasteiger partial charge >= 0.3 is 51.4 Å². The maximum absolute atomic E-state index is 14.0. The molecule has 0 fully saturated rings. The summed E-state index contributed by atoms with van der Waals surface area (Å²) in [6.45, 7) is 12.9. The van der Waals surface area contributed by atoms with Crippen molar-refractivity contribution in [1.29, 1.82) is 0 Å². The number of imidazole rings is 1. The number of halogens is 1. The molecule has 0 aliphatic heterocycles. The third-order valence-electron chi connectivity index (χ3n) is 5.59. The Kier molecular flexibility index (Phi) is 15.9. The topological polar surface area (TPSA) is 70.6 Å². The second-order valence-corrected chi connectivity index (χ2v) is 8.04. The number of unbranched alkanes of at least 4 members (excludes halogenated alkanes) is 2. The van der Waals surface area contributed by atoms with Gasteiger partial charge in [0.15, 0.2) is 0 Å². The number of aryl methyl sites for hydroxylation is 1. The van der Waals surface area contributed by atoms with Crippen molar-refractivity contribution >= 4 is 0 Å². The largest absolute Gasteiger partial charge is 1.00 e. The fourth-order valence-corrected chi connectivity index (χ4v) is 3.45.